The predicted octanol–water partition coefficient (Wildman–Crippen LogP) is 4.98. The summed E-state index contributed by atoms with van der Waals surface area (Å²) in [6.07, 6.45) is 5.07. The molecule has 0 bridgehead atoms. The maximum atomic E-state index is 13.3. The van der Waals surface area contributed by atoms with E-state index >= 15 is 0 Å². The Labute approximate surface area is 172 Å². The highest BCUT2D eigenvalue weighted by atomic mass is 32.1. The van der Waals surface area contributed by atoms with Gasteiger partial charge in [-0.1, -0.05) is 6.07 Å². The number of pyridine rings is 1. The summed E-state index contributed by atoms with van der Waals surface area (Å²) in [7, 11) is 0. The van der Waals surface area contributed by atoms with Crippen LogP contribution >= 0.6 is 22.7 Å². The van der Waals surface area contributed by atoms with Crippen LogP contribution in [0.3, 0.4) is 0 Å². The van der Waals surface area contributed by atoms with Gasteiger partial charge in [0.25, 0.3) is 0 Å². The Morgan fingerprint density at radius 3 is 2.79 bits per heavy atom. The van der Waals surface area contributed by atoms with Crippen LogP contribution in [0.25, 0.3) is 0 Å². The van der Waals surface area contributed by atoms with E-state index in [9.17, 15) is 4.79 Å². The second kappa shape index (κ2) is 7.56. The maximum absolute atomic E-state index is 13.3. The van der Waals surface area contributed by atoms with E-state index in [0.29, 0.717) is 0 Å². The number of aromatic nitrogens is 1. The summed E-state index contributed by atoms with van der Waals surface area (Å²) in [5.74, 6) is 0.884. The molecule has 2 amide bonds. The number of urea groups is 1. The molecular weight excluding hydrogens is 388 g/mol. The molecule has 1 fully saturated rings. The van der Waals surface area contributed by atoms with Crippen LogP contribution in [0.5, 0.6) is 0 Å². The molecule has 0 aromatic carbocycles. The van der Waals surface area contributed by atoms with Crippen LogP contribution in [0.4, 0.5) is 16.3 Å². The minimum Gasteiger partial charge on any atom is -0.355 e. The SMILES string of the molecule is O=C(Nc1cccnc1N1CCCC1)N1CCc2sccc2C1c1cccs1. The fourth-order valence-corrected chi connectivity index (χ4v) is 5.91. The zero-order valence-electron chi connectivity index (χ0n) is 15.5. The van der Waals surface area contributed by atoms with Crippen molar-refractivity contribution < 1.29 is 4.79 Å². The van der Waals surface area contributed by atoms with E-state index in [0.717, 1.165) is 37.6 Å². The smallest absolute Gasteiger partial charge is 0.322 e. The molecule has 0 aliphatic carbocycles. The molecule has 2 aliphatic heterocycles. The molecular formula is C21H22N4OS2. The molecule has 3 aromatic rings. The van der Waals surface area contributed by atoms with Crippen LogP contribution in [-0.4, -0.2) is 35.5 Å². The summed E-state index contributed by atoms with van der Waals surface area (Å²) in [4.78, 5) is 24.7. The molecule has 0 spiro atoms. The highest BCUT2D eigenvalue weighted by Gasteiger charge is 2.34. The van der Waals surface area contributed by atoms with E-state index in [1.54, 1.807) is 28.9 Å². The van der Waals surface area contributed by atoms with Gasteiger partial charge in [0.15, 0.2) is 5.82 Å². The van der Waals surface area contributed by atoms with Crippen molar-refractivity contribution in [2.45, 2.75) is 25.3 Å². The standard InChI is InChI=1S/C21H22N4OS2/c26-21(23-16-5-3-9-22-20(16)24-10-1-2-11-24)25-12-7-17-15(8-14-28-17)19(25)18-6-4-13-27-18/h3-6,8-9,13-14,19H,1-2,7,10-12H2,(H,23,26). The van der Waals surface area contributed by atoms with Gasteiger partial charge in [0.05, 0.1) is 11.7 Å². The van der Waals surface area contributed by atoms with E-state index in [4.69, 9.17) is 0 Å². The highest BCUT2D eigenvalue weighted by molar-refractivity contribution is 7.10. The quantitative estimate of drug-likeness (QED) is 0.662. The molecule has 2 aliphatic rings. The van der Waals surface area contributed by atoms with Gasteiger partial charge in [-0.05, 0) is 59.9 Å². The van der Waals surface area contributed by atoms with Crippen LogP contribution in [-0.2, 0) is 6.42 Å². The molecule has 7 heteroatoms. The molecule has 0 radical (unpaired) electrons. The summed E-state index contributed by atoms with van der Waals surface area (Å²) >= 11 is 3.50. The molecule has 5 rings (SSSR count). The molecule has 5 nitrogen and oxygen atoms in total. The lowest BCUT2D eigenvalue weighted by molar-refractivity contribution is 0.195. The Balaban J connectivity index is 1.44. The topological polar surface area (TPSA) is 48.5 Å². The number of hydrogen-bond acceptors (Lipinski definition) is 5. The van der Waals surface area contributed by atoms with Crippen molar-refractivity contribution in [2.24, 2.45) is 0 Å². The average Bonchev–Trinajstić information content (AvgIpc) is 3.49. The van der Waals surface area contributed by atoms with Gasteiger partial charge in [0, 0.05) is 35.6 Å². The van der Waals surface area contributed by atoms with Crippen LogP contribution in [0.2, 0.25) is 0 Å². The normalized spacial score (nSPS) is 18.9. The number of anilines is 2. The zero-order chi connectivity index (χ0) is 18.9. The number of amides is 2. The Morgan fingerprint density at radius 2 is 1.96 bits per heavy atom. The van der Waals surface area contributed by atoms with Gasteiger partial charge in [0.2, 0.25) is 0 Å². The lowest BCUT2D eigenvalue weighted by Gasteiger charge is -2.35. The van der Waals surface area contributed by atoms with Gasteiger partial charge < -0.3 is 15.1 Å². The Bertz CT molecular complexity index is 962. The van der Waals surface area contributed by atoms with Crippen molar-refractivity contribution in [3.8, 4) is 0 Å². The van der Waals surface area contributed by atoms with E-state index in [1.807, 2.05) is 17.0 Å². The number of nitrogens with one attached hydrogen (secondary N) is 1. The van der Waals surface area contributed by atoms with Gasteiger partial charge in [0.1, 0.15) is 0 Å². The van der Waals surface area contributed by atoms with Crippen LogP contribution < -0.4 is 10.2 Å². The van der Waals surface area contributed by atoms with Crippen LogP contribution in [0, 0.1) is 0 Å². The Kier molecular flexibility index (Phi) is 4.78. The Hall–Kier alpha value is -2.38. The van der Waals surface area contributed by atoms with Crippen molar-refractivity contribution in [1.29, 1.82) is 0 Å². The number of carbonyl (C=O) groups excluding carboxylic acids is 1. The fraction of sp³-hybridized carbons (Fsp3) is 0.333. The molecule has 1 atom stereocenters. The summed E-state index contributed by atoms with van der Waals surface area (Å²) in [5.41, 5.74) is 2.07. The Morgan fingerprint density at radius 1 is 1.07 bits per heavy atom. The highest BCUT2D eigenvalue weighted by Crippen LogP contribution is 2.40. The first-order valence-electron chi connectivity index (χ1n) is 9.68. The zero-order valence-corrected chi connectivity index (χ0v) is 17.1. The molecule has 5 heterocycles. The van der Waals surface area contributed by atoms with Crippen molar-refractivity contribution in [1.82, 2.24) is 9.88 Å². The molecule has 1 saturated heterocycles. The molecule has 28 heavy (non-hydrogen) atoms. The van der Waals surface area contributed by atoms with Gasteiger partial charge in [-0.25, -0.2) is 9.78 Å². The second-order valence-electron chi connectivity index (χ2n) is 7.16. The number of rotatable bonds is 3. The summed E-state index contributed by atoms with van der Waals surface area (Å²) < 4.78 is 0. The number of hydrogen-bond donors (Lipinski definition) is 1. The van der Waals surface area contributed by atoms with Crippen molar-refractivity contribution in [3.05, 3.63) is 62.6 Å². The third-order valence-electron chi connectivity index (χ3n) is 5.47. The average molecular weight is 411 g/mol. The summed E-state index contributed by atoms with van der Waals surface area (Å²) in [6, 6.07) is 10.1. The third kappa shape index (κ3) is 3.18. The van der Waals surface area contributed by atoms with Gasteiger partial charge in [-0.2, -0.15) is 0 Å². The van der Waals surface area contributed by atoms with E-state index in [2.05, 4.69) is 44.2 Å². The lowest BCUT2D eigenvalue weighted by atomic mass is 9.99. The first kappa shape index (κ1) is 17.7. The van der Waals surface area contributed by atoms with E-state index in [1.165, 1.54) is 28.2 Å². The molecule has 1 unspecified atom stereocenters. The summed E-state index contributed by atoms with van der Waals surface area (Å²) in [6.45, 7) is 2.72. The largest absolute Gasteiger partial charge is 0.355 e. The first-order chi connectivity index (χ1) is 13.8. The number of nitrogens with zero attached hydrogens (tertiary/aromatic N) is 3. The second-order valence-corrected chi connectivity index (χ2v) is 9.14. The number of fused-ring (bicyclic) bond motifs is 1. The van der Waals surface area contributed by atoms with Crippen molar-refractivity contribution >= 4 is 40.2 Å². The number of carbonyl (C=O) groups is 1. The van der Waals surface area contributed by atoms with Gasteiger partial charge in [-0.3, -0.25) is 0 Å². The third-order valence-corrected chi connectivity index (χ3v) is 7.39. The minimum absolute atomic E-state index is 0.0121. The first-order valence-corrected chi connectivity index (χ1v) is 11.4. The number of thiophene rings is 2. The van der Waals surface area contributed by atoms with Gasteiger partial charge in [-0.15, -0.1) is 22.7 Å². The molecule has 0 saturated carbocycles. The molecule has 1 N–H and O–H groups in total. The van der Waals surface area contributed by atoms with E-state index < -0.39 is 0 Å². The monoisotopic (exact) mass is 410 g/mol. The van der Waals surface area contributed by atoms with Crippen LogP contribution in [0.1, 0.15) is 34.2 Å². The van der Waals surface area contributed by atoms with Crippen molar-refractivity contribution in [2.75, 3.05) is 29.9 Å². The maximum Gasteiger partial charge on any atom is 0.322 e. The fourth-order valence-electron chi connectivity index (χ4n) is 4.15. The van der Waals surface area contributed by atoms with E-state index in [-0.39, 0.29) is 12.1 Å². The predicted molar refractivity (Wildman–Crippen MR) is 116 cm³/mol. The lowest BCUT2D eigenvalue weighted by Crippen LogP contribution is -2.42. The van der Waals surface area contributed by atoms with Crippen LogP contribution in [0.15, 0.2) is 47.3 Å². The minimum atomic E-state index is -0.0521. The van der Waals surface area contributed by atoms with Crippen molar-refractivity contribution in [3.63, 3.8) is 0 Å². The molecule has 144 valence electrons. The van der Waals surface area contributed by atoms with Gasteiger partial charge >= 0.3 is 6.03 Å². The summed E-state index contributed by atoms with van der Waals surface area (Å²) in [5, 5.41) is 7.38. The molecule has 3 aromatic heterocycles.